The molecule has 14 rings (SSSR count). The fourth-order valence-corrected chi connectivity index (χ4v) is 11.2. The monoisotopic (exact) mass is 945 g/mol. The lowest BCUT2D eigenvalue weighted by molar-refractivity contribution is 0.674. The minimum Gasteiger partial charge on any atom is -0.374 e. The number of benzene rings is 10. The van der Waals surface area contributed by atoms with Gasteiger partial charge in [-0.1, -0.05) is 200 Å². The molecule has 0 fully saturated rings. The number of aliphatic imine (C=N–C) groups is 2. The molecule has 0 bridgehead atoms. The summed E-state index contributed by atoms with van der Waals surface area (Å²) >= 11 is 0. The number of rotatable bonds is 8. The number of aromatic nitrogens is 1. The van der Waals surface area contributed by atoms with Gasteiger partial charge in [-0.25, -0.2) is 9.98 Å². The van der Waals surface area contributed by atoms with E-state index in [1.165, 1.54) is 59.8 Å². The number of fused-ring (bicyclic) bond motifs is 5. The highest BCUT2D eigenvalue weighted by Gasteiger charge is 2.23. The summed E-state index contributed by atoms with van der Waals surface area (Å²) in [6.07, 6.45) is 12.3. The molecule has 5 heteroatoms. The summed E-state index contributed by atoms with van der Waals surface area (Å²) in [5.74, 6) is 1.49. The van der Waals surface area contributed by atoms with Gasteiger partial charge < -0.3 is 10.6 Å². The van der Waals surface area contributed by atoms with E-state index in [2.05, 4.69) is 240 Å². The van der Waals surface area contributed by atoms with Gasteiger partial charge in [-0.05, 0) is 147 Å². The maximum absolute atomic E-state index is 5.14. The molecule has 348 valence electrons. The van der Waals surface area contributed by atoms with E-state index in [1.54, 1.807) is 0 Å². The summed E-state index contributed by atoms with van der Waals surface area (Å²) in [6, 6.07) is 81.2. The average molecular weight is 946 g/mol. The third kappa shape index (κ3) is 7.79. The zero-order valence-electron chi connectivity index (χ0n) is 40.3. The standard InChI is InChI=1S/C69H47N5/c1-3-16-44(17-4-1)67-72-68(45-18-5-2-6-19-45)74-69(73-67)53-26-14-23-47(37-53)46-22-13-24-48(36-46)54-40-55(42-56(41-54)65-59-27-9-7-20-50(59)38-51-21-8-10-28-60(51)65)57-30-15-25-49-39-52(32-33-58(49)57)66-63-43-70-35-34-61(63)62-29-11-12-31-64(62)71-66/h1-43,64,67,71H,(H,72,73,74). The number of hydrogen-bond donors (Lipinski definition) is 2. The van der Waals surface area contributed by atoms with Crippen molar-refractivity contribution >= 4 is 55.3 Å². The van der Waals surface area contributed by atoms with E-state index in [0.717, 1.165) is 66.8 Å². The van der Waals surface area contributed by atoms with Gasteiger partial charge in [0, 0.05) is 28.7 Å². The first kappa shape index (κ1) is 43.1. The summed E-state index contributed by atoms with van der Waals surface area (Å²) in [5.41, 5.74) is 15.8. The fraction of sp³-hybridized carbons (Fsp3) is 0.0290. The highest BCUT2D eigenvalue weighted by Crippen LogP contribution is 2.42. The molecule has 10 aromatic carbocycles. The van der Waals surface area contributed by atoms with Crippen LogP contribution in [0.15, 0.2) is 271 Å². The van der Waals surface area contributed by atoms with Crippen molar-refractivity contribution in [1.82, 2.24) is 15.6 Å². The Morgan fingerprint density at radius 3 is 1.82 bits per heavy atom. The predicted molar refractivity (Wildman–Crippen MR) is 307 cm³/mol. The van der Waals surface area contributed by atoms with Crippen LogP contribution in [0.5, 0.6) is 0 Å². The van der Waals surface area contributed by atoms with Crippen LogP contribution < -0.4 is 21.1 Å². The molecular formula is C69H47N5. The van der Waals surface area contributed by atoms with Crippen LogP contribution in [0.4, 0.5) is 0 Å². The topological polar surface area (TPSA) is 61.7 Å². The molecule has 0 spiro atoms. The lowest BCUT2D eigenvalue weighted by atomic mass is 9.87. The Hall–Kier alpha value is -9.71. The van der Waals surface area contributed by atoms with Crippen molar-refractivity contribution < 1.29 is 0 Å². The van der Waals surface area contributed by atoms with Crippen molar-refractivity contribution in [3.63, 3.8) is 0 Å². The Morgan fingerprint density at radius 1 is 0.405 bits per heavy atom. The van der Waals surface area contributed by atoms with Crippen LogP contribution in [0, 0.1) is 0 Å². The SMILES string of the molecule is C1=CC2=c3ccncc3=C(c3ccc4c(-c5cc(-c6cccc(-c7cccc(C8=NC(c9ccccc9)=NC(c9ccccc9)N8)c7)c6)cc(-c6c7ccccc7cc7ccccc67)c5)cccc4c3)NC2C=C1. The van der Waals surface area contributed by atoms with E-state index in [4.69, 9.17) is 9.98 Å². The van der Waals surface area contributed by atoms with Gasteiger partial charge in [-0.3, -0.25) is 4.98 Å². The van der Waals surface area contributed by atoms with Crippen LogP contribution in [-0.2, 0) is 0 Å². The lowest BCUT2D eigenvalue weighted by Crippen LogP contribution is -2.45. The minimum atomic E-state index is -0.281. The maximum atomic E-state index is 5.14. The molecule has 2 N–H and O–H groups in total. The second-order valence-corrected chi connectivity index (χ2v) is 19.3. The van der Waals surface area contributed by atoms with Crippen molar-refractivity contribution in [3.8, 4) is 44.5 Å². The number of hydrogen-bond acceptors (Lipinski definition) is 5. The van der Waals surface area contributed by atoms with Gasteiger partial charge in [0.2, 0.25) is 0 Å². The first-order valence-electron chi connectivity index (χ1n) is 25.3. The molecule has 0 amide bonds. The molecule has 3 aliphatic rings. The molecule has 3 heterocycles. The van der Waals surface area contributed by atoms with Crippen molar-refractivity contribution in [2.45, 2.75) is 12.2 Å². The van der Waals surface area contributed by atoms with E-state index in [0.29, 0.717) is 5.84 Å². The largest absolute Gasteiger partial charge is 0.374 e. The summed E-state index contributed by atoms with van der Waals surface area (Å²) in [6.45, 7) is 0. The van der Waals surface area contributed by atoms with E-state index < -0.39 is 0 Å². The highest BCUT2D eigenvalue weighted by atomic mass is 15.2. The van der Waals surface area contributed by atoms with Gasteiger partial charge in [0.05, 0.1) is 11.7 Å². The summed E-state index contributed by atoms with van der Waals surface area (Å²) < 4.78 is 0. The van der Waals surface area contributed by atoms with E-state index >= 15 is 0 Å². The second-order valence-electron chi connectivity index (χ2n) is 19.3. The molecular weight excluding hydrogens is 899 g/mol. The lowest BCUT2D eigenvalue weighted by Gasteiger charge is -2.26. The second kappa shape index (κ2) is 18.2. The number of pyridine rings is 1. The average Bonchev–Trinajstić information content (AvgIpc) is 3.49. The van der Waals surface area contributed by atoms with Gasteiger partial charge in [0.15, 0.2) is 5.84 Å². The van der Waals surface area contributed by atoms with Crippen LogP contribution in [0.3, 0.4) is 0 Å². The van der Waals surface area contributed by atoms with Gasteiger partial charge in [0.25, 0.3) is 0 Å². The maximum Gasteiger partial charge on any atom is 0.159 e. The number of allylic oxidation sites excluding steroid dienone is 2. The molecule has 11 aromatic rings. The Morgan fingerprint density at radius 2 is 1.03 bits per heavy atom. The zero-order valence-corrected chi connectivity index (χ0v) is 40.3. The third-order valence-electron chi connectivity index (χ3n) is 14.8. The van der Waals surface area contributed by atoms with Crippen LogP contribution >= 0.6 is 0 Å². The first-order chi connectivity index (χ1) is 36.6. The summed E-state index contributed by atoms with van der Waals surface area (Å²) in [5, 5.41) is 17.1. The number of amidine groups is 2. The van der Waals surface area contributed by atoms with Gasteiger partial charge in [-0.2, -0.15) is 0 Å². The Bertz CT molecular complexity index is 4260. The molecule has 2 aliphatic heterocycles. The third-order valence-corrected chi connectivity index (χ3v) is 14.8. The van der Waals surface area contributed by atoms with Crippen molar-refractivity contribution in [2.75, 3.05) is 0 Å². The Labute approximate surface area is 429 Å². The molecule has 2 unspecified atom stereocenters. The summed E-state index contributed by atoms with van der Waals surface area (Å²) in [7, 11) is 0. The molecule has 5 nitrogen and oxygen atoms in total. The van der Waals surface area contributed by atoms with E-state index in [1.807, 2.05) is 36.7 Å². The van der Waals surface area contributed by atoms with E-state index in [-0.39, 0.29) is 12.2 Å². The molecule has 74 heavy (non-hydrogen) atoms. The molecule has 0 saturated heterocycles. The first-order valence-corrected chi connectivity index (χ1v) is 25.3. The highest BCUT2D eigenvalue weighted by molar-refractivity contribution is 6.15. The number of nitrogens with one attached hydrogen (secondary N) is 2. The smallest absolute Gasteiger partial charge is 0.159 e. The van der Waals surface area contributed by atoms with Crippen LogP contribution in [0.2, 0.25) is 0 Å². The van der Waals surface area contributed by atoms with Crippen LogP contribution in [0.1, 0.15) is 28.4 Å². The van der Waals surface area contributed by atoms with Crippen molar-refractivity contribution in [3.05, 3.63) is 294 Å². The Kier molecular flexibility index (Phi) is 10.6. The molecule has 0 radical (unpaired) electrons. The van der Waals surface area contributed by atoms with Gasteiger partial charge >= 0.3 is 0 Å². The van der Waals surface area contributed by atoms with Gasteiger partial charge in [0.1, 0.15) is 12.0 Å². The van der Waals surface area contributed by atoms with Crippen molar-refractivity contribution in [1.29, 1.82) is 0 Å². The fourth-order valence-electron chi connectivity index (χ4n) is 11.2. The Balaban J connectivity index is 0.904. The number of nitrogens with zero attached hydrogens (tertiary/aromatic N) is 3. The summed E-state index contributed by atoms with van der Waals surface area (Å²) in [4.78, 5) is 14.8. The van der Waals surface area contributed by atoms with Crippen LogP contribution in [-0.4, -0.2) is 22.7 Å². The van der Waals surface area contributed by atoms with Gasteiger partial charge in [-0.15, -0.1) is 0 Å². The molecule has 2 atom stereocenters. The molecule has 1 aliphatic carbocycles. The quantitative estimate of drug-likeness (QED) is 0.149. The van der Waals surface area contributed by atoms with E-state index in [9.17, 15) is 0 Å². The minimum absolute atomic E-state index is 0.0970. The van der Waals surface area contributed by atoms with Crippen molar-refractivity contribution in [2.24, 2.45) is 9.98 Å². The predicted octanol–water partition coefficient (Wildman–Crippen LogP) is 14.1. The molecule has 1 aromatic heterocycles. The zero-order chi connectivity index (χ0) is 49.0. The normalized spacial score (nSPS) is 15.8. The molecule has 0 saturated carbocycles. The van der Waals surface area contributed by atoms with Crippen LogP contribution in [0.25, 0.3) is 88.1 Å².